The van der Waals surface area contributed by atoms with Gasteiger partial charge in [-0.15, -0.1) is 0 Å². The molecule has 0 heterocycles. The molecular formula is C15H14Br2FNO. The Morgan fingerprint density at radius 1 is 1.15 bits per heavy atom. The van der Waals surface area contributed by atoms with Crippen LogP contribution in [0.1, 0.15) is 12.5 Å². The van der Waals surface area contributed by atoms with Gasteiger partial charge in [-0.25, -0.2) is 4.39 Å². The van der Waals surface area contributed by atoms with Crippen molar-refractivity contribution in [1.82, 2.24) is 0 Å². The van der Waals surface area contributed by atoms with Gasteiger partial charge in [0.15, 0.2) is 0 Å². The molecule has 1 atom stereocenters. The molecule has 0 aliphatic heterocycles. The molecule has 0 saturated carbocycles. The van der Waals surface area contributed by atoms with Gasteiger partial charge < -0.3 is 10.5 Å². The smallest absolute Gasteiger partial charge is 0.144 e. The van der Waals surface area contributed by atoms with Gasteiger partial charge in [-0.2, -0.15) is 0 Å². The maximum absolute atomic E-state index is 13.3. The van der Waals surface area contributed by atoms with Crippen LogP contribution < -0.4 is 10.5 Å². The summed E-state index contributed by atoms with van der Waals surface area (Å²) in [5, 5.41) is 0. The zero-order chi connectivity index (χ0) is 14.7. The number of hydrogen-bond donors (Lipinski definition) is 1. The Hall–Kier alpha value is -0.910. The molecule has 0 amide bonds. The highest BCUT2D eigenvalue weighted by atomic mass is 79.9. The number of halogens is 3. The molecule has 0 aliphatic carbocycles. The van der Waals surface area contributed by atoms with Gasteiger partial charge in [-0.3, -0.25) is 0 Å². The summed E-state index contributed by atoms with van der Waals surface area (Å²) in [5.41, 5.74) is 6.83. The van der Waals surface area contributed by atoms with Gasteiger partial charge in [-0.05, 0) is 65.2 Å². The van der Waals surface area contributed by atoms with E-state index >= 15 is 0 Å². The van der Waals surface area contributed by atoms with Gasteiger partial charge in [0.05, 0.1) is 4.47 Å². The van der Waals surface area contributed by atoms with Crippen LogP contribution in [0.2, 0.25) is 0 Å². The summed E-state index contributed by atoms with van der Waals surface area (Å²) in [6, 6.07) is 10.1. The lowest BCUT2D eigenvalue weighted by molar-refractivity contribution is 0.465. The van der Waals surface area contributed by atoms with Gasteiger partial charge in [0.25, 0.3) is 0 Å². The molecule has 2 nitrogen and oxygen atoms in total. The van der Waals surface area contributed by atoms with Crippen molar-refractivity contribution in [3.63, 3.8) is 0 Å². The Bertz CT molecular complexity index is 617. The summed E-state index contributed by atoms with van der Waals surface area (Å²) in [5.74, 6) is 0.782. The van der Waals surface area contributed by atoms with Crippen LogP contribution in [0.25, 0.3) is 0 Å². The Labute approximate surface area is 134 Å². The van der Waals surface area contributed by atoms with Crippen molar-refractivity contribution >= 4 is 31.9 Å². The Morgan fingerprint density at radius 3 is 2.60 bits per heavy atom. The first kappa shape index (κ1) is 15.5. The molecule has 0 radical (unpaired) electrons. The van der Waals surface area contributed by atoms with Gasteiger partial charge in [-0.1, -0.05) is 15.9 Å². The monoisotopic (exact) mass is 401 g/mol. The molecular weight excluding hydrogens is 389 g/mol. The molecule has 0 aromatic heterocycles. The predicted octanol–water partition coefficient (Wildman–Crippen LogP) is 5.03. The van der Waals surface area contributed by atoms with Gasteiger partial charge in [0, 0.05) is 16.6 Å². The van der Waals surface area contributed by atoms with Crippen LogP contribution in [-0.4, -0.2) is 6.04 Å². The topological polar surface area (TPSA) is 35.2 Å². The van der Waals surface area contributed by atoms with Crippen LogP contribution in [0, 0.1) is 5.82 Å². The molecule has 1 unspecified atom stereocenters. The van der Waals surface area contributed by atoms with E-state index < -0.39 is 0 Å². The summed E-state index contributed by atoms with van der Waals surface area (Å²) in [6.45, 7) is 1.93. The van der Waals surface area contributed by atoms with E-state index in [4.69, 9.17) is 10.5 Å². The summed E-state index contributed by atoms with van der Waals surface area (Å²) in [4.78, 5) is 0. The molecule has 2 aromatic rings. The SMILES string of the molecule is CC(N)Cc1cc(Br)ccc1Oc1cc(F)ccc1Br. The summed E-state index contributed by atoms with van der Waals surface area (Å²) in [6.07, 6.45) is 0.682. The predicted molar refractivity (Wildman–Crippen MR) is 85.7 cm³/mol. The van der Waals surface area contributed by atoms with E-state index in [-0.39, 0.29) is 11.9 Å². The highest BCUT2D eigenvalue weighted by Crippen LogP contribution is 2.33. The van der Waals surface area contributed by atoms with Gasteiger partial charge >= 0.3 is 0 Å². The van der Waals surface area contributed by atoms with Crippen LogP contribution >= 0.6 is 31.9 Å². The minimum absolute atomic E-state index is 0.0163. The average Bonchev–Trinajstić information content (AvgIpc) is 2.36. The Morgan fingerprint density at radius 2 is 1.90 bits per heavy atom. The van der Waals surface area contributed by atoms with E-state index in [2.05, 4.69) is 31.9 Å². The van der Waals surface area contributed by atoms with Crippen molar-refractivity contribution in [3.05, 3.63) is 56.7 Å². The second-order valence-electron chi connectivity index (χ2n) is 4.61. The first-order chi connectivity index (χ1) is 9.45. The minimum Gasteiger partial charge on any atom is -0.456 e. The summed E-state index contributed by atoms with van der Waals surface area (Å²) < 4.78 is 20.8. The maximum atomic E-state index is 13.3. The lowest BCUT2D eigenvalue weighted by atomic mass is 10.1. The fourth-order valence-electron chi connectivity index (χ4n) is 1.83. The normalized spacial score (nSPS) is 12.2. The van der Waals surface area contributed by atoms with Crippen LogP contribution in [0.4, 0.5) is 4.39 Å². The molecule has 0 aliphatic rings. The molecule has 2 N–H and O–H groups in total. The van der Waals surface area contributed by atoms with Crippen LogP contribution in [0.3, 0.4) is 0 Å². The van der Waals surface area contributed by atoms with Crippen molar-refractivity contribution in [2.75, 3.05) is 0 Å². The first-order valence-corrected chi connectivity index (χ1v) is 7.71. The molecule has 5 heteroatoms. The van der Waals surface area contributed by atoms with E-state index in [1.54, 1.807) is 6.07 Å². The Kier molecular flexibility index (Phi) is 5.18. The van der Waals surface area contributed by atoms with Crippen LogP contribution in [0.5, 0.6) is 11.5 Å². The average molecular weight is 403 g/mol. The van der Waals surface area contributed by atoms with E-state index in [9.17, 15) is 4.39 Å². The van der Waals surface area contributed by atoms with E-state index in [1.807, 2.05) is 25.1 Å². The molecule has 2 rings (SSSR count). The van der Waals surface area contributed by atoms with Crippen molar-refractivity contribution in [3.8, 4) is 11.5 Å². The van der Waals surface area contributed by atoms with Crippen molar-refractivity contribution in [2.45, 2.75) is 19.4 Å². The van der Waals surface area contributed by atoms with Crippen molar-refractivity contribution < 1.29 is 9.13 Å². The fraction of sp³-hybridized carbons (Fsp3) is 0.200. The number of benzene rings is 2. The molecule has 2 aromatic carbocycles. The van der Waals surface area contributed by atoms with Gasteiger partial charge in [0.1, 0.15) is 17.3 Å². The van der Waals surface area contributed by atoms with Crippen molar-refractivity contribution in [2.24, 2.45) is 5.73 Å². The molecule has 0 bridgehead atoms. The van der Waals surface area contributed by atoms with E-state index in [1.165, 1.54) is 12.1 Å². The number of rotatable bonds is 4. The lowest BCUT2D eigenvalue weighted by Crippen LogP contribution is -2.18. The molecule has 106 valence electrons. The van der Waals surface area contributed by atoms with E-state index in [0.717, 1.165) is 10.0 Å². The van der Waals surface area contributed by atoms with E-state index in [0.29, 0.717) is 22.4 Å². The number of ether oxygens (including phenoxy) is 1. The minimum atomic E-state index is -0.339. The quantitative estimate of drug-likeness (QED) is 0.777. The molecule has 0 spiro atoms. The first-order valence-electron chi connectivity index (χ1n) is 6.12. The zero-order valence-corrected chi connectivity index (χ0v) is 14.0. The third kappa shape index (κ3) is 4.04. The highest BCUT2D eigenvalue weighted by molar-refractivity contribution is 9.10. The summed E-state index contributed by atoms with van der Waals surface area (Å²) in [7, 11) is 0. The highest BCUT2D eigenvalue weighted by Gasteiger charge is 2.10. The van der Waals surface area contributed by atoms with Crippen molar-refractivity contribution in [1.29, 1.82) is 0 Å². The lowest BCUT2D eigenvalue weighted by Gasteiger charge is -2.14. The molecule has 0 fully saturated rings. The molecule has 0 saturated heterocycles. The standard InChI is InChI=1S/C15H14Br2FNO/c1-9(19)6-10-7-11(16)2-5-14(10)20-15-8-12(18)3-4-13(15)17/h2-5,7-9H,6,19H2,1H3. The Balaban J connectivity index is 2.35. The fourth-order valence-corrected chi connectivity index (χ4v) is 2.56. The third-order valence-electron chi connectivity index (χ3n) is 2.68. The largest absolute Gasteiger partial charge is 0.456 e. The van der Waals surface area contributed by atoms with Crippen LogP contribution in [-0.2, 0) is 6.42 Å². The zero-order valence-electron chi connectivity index (χ0n) is 10.9. The summed E-state index contributed by atoms with van der Waals surface area (Å²) >= 11 is 6.78. The second-order valence-corrected chi connectivity index (χ2v) is 6.38. The van der Waals surface area contributed by atoms with Gasteiger partial charge in [0.2, 0.25) is 0 Å². The maximum Gasteiger partial charge on any atom is 0.144 e. The van der Waals surface area contributed by atoms with Crippen LogP contribution in [0.15, 0.2) is 45.3 Å². The third-order valence-corrected chi connectivity index (χ3v) is 3.83. The molecule has 20 heavy (non-hydrogen) atoms. The number of nitrogens with two attached hydrogens (primary N) is 1. The number of hydrogen-bond acceptors (Lipinski definition) is 2. The second kappa shape index (κ2) is 6.70.